The number of H-pyrrole nitrogens is 1. The number of aromatic carboxylic acids is 1. The lowest BCUT2D eigenvalue weighted by Crippen LogP contribution is -2.13. The molecule has 1 aromatic carbocycles. The van der Waals surface area contributed by atoms with Gasteiger partial charge in [-0.2, -0.15) is 0 Å². The standard InChI is InChI=1S/C13H13N3O5/c1-2-21-13(20)14-8-3-5-9(6-4-8)16-7-10(12(18)19)11(17)15-16/h3-7H,2H2,1H3,(H,14,20)(H,15,17)(H,18,19). The Labute approximate surface area is 118 Å². The Bertz CT molecular complexity index is 714. The fraction of sp³-hybridized carbons (Fsp3) is 0.154. The predicted octanol–water partition coefficient (Wildman–Crippen LogP) is 1.43. The first kappa shape index (κ1) is 14.4. The Morgan fingerprint density at radius 3 is 2.52 bits per heavy atom. The van der Waals surface area contributed by atoms with Crippen molar-refractivity contribution in [3.05, 3.63) is 46.4 Å². The van der Waals surface area contributed by atoms with E-state index >= 15 is 0 Å². The Kier molecular flexibility index (Phi) is 4.07. The highest BCUT2D eigenvalue weighted by Gasteiger charge is 2.12. The highest BCUT2D eigenvalue weighted by molar-refractivity contribution is 5.87. The van der Waals surface area contributed by atoms with Crippen molar-refractivity contribution in [1.82, 2.24) is 9.78 Å². The summed E-state index contributed by atoms with van der Waals surface area (Å²) in [4.78, 5) is 33.5. The zero-order valence-corrected chi connectivity index (χ0v) is 11.1. The number of aromatic nitrogens is 2. The SMILES string of the molecule is CCOC(=O)Nc1ccc(-n2cc(C(=O)O)c(=O)[nH]2)cc1. The zero-order chi connectivity index (χ0) is 15.4. The average molecular weight is 291 g/mol. The van der Waals surface area contributed by atoms with Crippen molar-refractivity contribution in [2.75, 3.05) is 11.9 Å². The van der Waals surface area contributed by atoms with Crippen LogP contribution in [0.3, 0.4) is 0 Å². The molecule has 0 radical (unpaired) electrons. The van der Waals surface area contributed by atoms with E-state index in [9.17, 15) is 14.4 Å². The number of nitrogens with zero attached hydrogens (tertiary/aromatic N) is 1. The molecular weight excluding hydrogens is 278 g/mol. The third-order valence-electron chi connectivity index (χ3n) is 2.62. The fourth-order valence-electron chi connectivity index (χ4n) is 1.67. The van der Waals surface area contributed by atoms with Gasteiger partial charge in [0.05, 0.1) is 12.3 Å². The van der Waals surface area contributed by atoms with Gasteiger partial charge in [-0.3, -0.25) is 19.9 Å². The quantitative estimate of drug-likeness (QED) is 0.788. The molecule has 0 fully saturated rings. The number of carbonyl (C=O) groups excluding carboxylic acids is 1. The number of amides is 1. The molecule has 8 nitrogen and oxygen atoms in total. The molecule has 3 N–H and O–H groups in total. The maximum Gasteiger partial charge on any atom is 0.411 e. The lowest BCUT2D eigenvalue weighted by Gasteiger charge is -2.06. The van der Waals surface area contributed by atoms with Gasteiger partial charge in [-0.25, -0.2) is 9.59 Å². The summed E-state index contributed by atoms with van der Waals surface area (Å²) in [5.74, 6) is -1.30. The highest BCUT2D eigenvalue weighted by atomic mass is 16.5. The van der Waals surface area contributed by atoms with Crippen LogP contribution in [0.2, 0.25) is 0 Å². The smallest absolute Gasteiger partial charge is 0.411 e. The number of nitrogens with one attached hydrogen (secondary N) is 2. The van der Waals surface area contributed by atoms with E-state index in [1.54, 1.807) is 31.2 Å². The lowest BCUT2D eigenvalue weighted by molar-refractivity contribution is 0.0695. The minimum absolute atomic E-state index is 0.270. The molecule has 1 aromatic heterocycles. The molecule has 21 heavy (non-hydrogen) atoms. The molecule has 8 heteroatoms. The molecule has 2 aromatic rings. The van der Waals surface area contributed by atoms with Crippen LogP contribution in [0.1, 0.15) is 17.3 Å². The van der Waals surface area contributed by atoms with Crippen LogP contribution in [0, 0.1) is 0 Å². The Morgan fingerprint density at radius 2 is 2.00 bits per heavy atom. The number of aromatic amines is 1. The monoisotopic (exact) mass is 291 g/mol. The number of carboxylic acids is 1. The van der Waals surface area contributed by atoms with Crippen LogP contribution >= 0.6 is 0 Å². The topological polar surface area (TPSA) is 113 Å². The minimum atomic E-state index is -1.30. The van der Waals surface area contributed by atoms with Crippen LogP contribution in [0.5, 0.6) is 0 Å². The summed E-state index contributed by atoms with van der Waals surface area (Å²) in [6.07, 6.45) is 0.631. The molecule has 0 aliphatic heterocycles. The summed E-state index contributed by atoms with van der Waals surface area (Å²) in [6, 6.07) is 6.43. The van der Waals surface area contributed by atoms with Crippen molar-refractivity contribution in [2.24, 2.45) is 0 Å². The van der Waals surface area contributed by atoms with Gasteiger partial charge in [-0.05, 0) is 31.2 Å². The number of benzene rings is 1. The Hall–Kier alpha value is -3.03. The fourth-order valence-corrected chi connectivity index (χ4v) is 1.67. The first-order valence-electron chi connectivity index (χ1n) is 6.10. The largest absolute Gasteiger partial charge is 0.477 e. The molecule has 2 rings (SSSR count). The third kappa shape index (κ3) is 3.30. The van der Waals surface area contributed by atoms with Gasteiger partial charge in [0.1, 0.15) is 5.56 Å². The van der Waals surface area contributed by atoms with E-state index < -0.39 is 17.6 Å². The Morgan fingerprint density at radius 1 is 1.33 bits per heavy atom. The second-order valence-electron chi connectivity index (χ2n) is 4.05. The van der Waals surface area contributed by atoms with Crippen LogP contribution < -0.4 is 10.9 Å². The maximum atomic E-state index is 11.4. The van der Waals surface area contributed by atoms with Crippen molar-refractivity contribution >= 4 is 17.7 Å². The molecule has 0 bridgehead atoms. The van der Waals surface area contributed by atoms with E-state index in [1.165, 1.54) is 10.9 Å². The summed E-state index contributed by atoms with van der Waals surface area (Å²) >= 11 is 0. The van der Waals surface area contributed by atoms with Gasteiger partial charge in [-0.15, -0.1) is 0 Å². The number of hydrogen-bond acceptors (Lipinski definition) is 4. The van der Waals surface area contributed by atoms with Crippen LogP contribution in [0.25, 0.3) is 5.69 Å². The maximum absolute atomic E-state index is 11.4. The van der Waals surface area contributed by atoms with Gasteiger partial charge in [0, 0.05) is 11.9 Å². The summed E-state index contributed by atoms with van der Waals surface area (Å²) in [5, 5.41) is 13.7. The molecule has 0 saturated heterocycles. The molecule has 0 unspecified atom stereocenters. The molecule has 0 aliphatic rings. The second kappa shape index (κ2) is 5.95. The zero-order valence-electron chi connectivity index (χ0n) is 11.1. The van der Waals surface area contributed by atoms with Gasteiger partial charge < -0.3 is 9.84 Å². The first-order chi connectivity index (χ1) is 10.0. The number of carbonyl (C=O) groups is 2. The average Bonchev–Trinajstić information content (AvgIpc) is 2.82. The van der Waals surface area contributed by atoms with Crippen molar-refractivity contribution in [2.45, 2.75) is 6.92 Å². The predicted molar refractivity (Wildman–Crippen MR) is 74.0 cm³/mol. The van der Waals surface area contributed by atoms with Crippen molar-refractivity contribution in [3.63, 3.8) is 0 Å². The van der Waals surface area contributed by atoms with Gasteiger partial charge in [-0.1, -0.05) is 0 Å². The summed E-state index contributed by atoms with van der Waals surface area (Å²) in [7, 11) is 0. The Balaban J connectivity index is 2.19. The van der Waals surface area contributed by atoms with E-state index in [4.69, 9.17) is 9.84 Å². The van der Waals surface area contributed by atoms with Crippen LogP contribution in [0.15, 0.2) is 35.3 Å². The normalized spacial score (nSPS) is 10.1. The molecule has 0 saturated carbocycles. The number of carboxylic acid groups (broad SMARTS) is 1. The number of rotatable bonds is 4. The van der Waals surface area contributed by atoms with E-state index in [2.05, 4.69) is 10.4 Å². The first-order valence-corrected chi connectivity index (χ1v) is 6.10. The second-order valence-corrected chi connectivity index (χ2v) is 4.05. The van der Waals surface area contributed by atoms with E-state index in [0.29, 0.717) is 11.4 Å². The molecular formula is C13H13N3O5. The van der Waals surface area contributed by atoms with Crippen molar-refractivity contribution in [3.8, 4) is 5.69 Å². The van der Waals surface area contributed by atoms with Crippen molar-refractivity contribution < 1.29 is 19.4 Å². The summed E-state index contributed by atoms with van der Waals surface area (Å²) in [6.45, 7) is 1.97. The van der Waals surface area contributed by atoms with Gasteiger partial charge in [0.15, 0.2) is 0 Å². The van der Waals surface area contributed by atoms with Crippen LogP contribution in [-0.4, -0.2) is 33.6 Å². The van der Waals surface area contributed by atoms with Gasteiger partial charge in [0.2, 0.25) is 0 Å². The summed E-state index contributed by atoms with van der Waals surface area (Å²) in [5.41, 5.74) is 0.0409. The van der Waals surface area contributed by atoms with Crippen LogP contribution in [-0.2, 0) is 4.74 Å². The molecule has 1 heterocycles. The number of hydrogen-bond donors (Lipinski definition) is 3. The van der Waals surface area contributed by atoms with Crippen LogP contribution in [0.4, 0.5) is 10.5 Å². The van der Waals surface area contributed by atoms with E-state index in [1.807, 2.05) is 0 Å². The molecule has 0 aliphatic carbocycles. The molecule has 1 amide bonds. The minimum Gasteiger partial charge on any atom is -0.477 e. The van der Waals surface area contributed by atoms with E-state index in [0.717, 1.165) is 0 Å². The molecule has 0 atom stereocenters. The van der Waals surface area contributed by atoms with Gasteiger partial charge >= 0.3 is 12.1 Å². The van der Waals surface area contributed by atoms with E-state index in [-0.39, 0.29) is 12.2 Å². The highest BCUT2D eigenvalue weighted by Crippen LogP contribution is 2.13. The summed E-state index contributed by atoms with van der Waals surface area (Å²) < 4.78 is 6.03. The van der Waals surface area contributed by atoms with Gasteiger partial charge in [0.25, 0.3) is 5.56 Å². The number of ether oxygens (including phenoxy) is 1. The third-order valence-corrected chi connectivity index (χ3v) is 2.62. The lowest BCUT2D eigenvalue weighted by atomic mass is 10.3. The van der Waals surface area contributed by atoms with Crippen molar-refractivity contribution in [1.29, 1.82) is 0 Å². The number of anilines is 1. The molecule has 0 spiro atoms. The molecule has 110 valence electrons.